The molecule has 1 amide bonds. The third-order valence-corrected chi connectivity index (χ3v) is 4.10. The molecular formula is C19H21FN4O2. The van der Waals surface area contributed by atoms with Crippen molar-refractivity contribution in [2.75, 3.05) is 18.5 Å². The Morgan fingerprint density at radius 2 is 1.96 bits per heavy atom. The highest BCUT2D eigenvalue weighted by Crippen LogP contribution is 2.20. The van der Waals surface area contributed by atoms with Crippen LogP contribution in [0.5, 0.6) is 0 Å². The lowest BCUT2D eigenvalue weighted by Crippen LogP contribution is -2.30. The highest BCUT2D eigenvalue weighted by Gasteiger charge is 2.15. The van der Waals surface area contributed by atoms with Crippen molar-refractivity contribution in [3.8, 4) is 0 Å². The average molecular weight is 356 g/mol. The highest BCUT2D eigenvalue weighted by molar-refractivity contribution is 5.83. The lowest BCUT2D eigenvalue weighted by atomic mass is 10.1. The summed E-state index contributed by atoms with van der Waals surface area (Å²) < 4.78 is 14.8. The number of hydrogen-bond donors (Lipinski definition) is 3. The molecule has 3 N–H and O–H groups in total. The number of nitrogens with one attached hydrogen (secondary N) is 2. The van der Waals surface area contributed by atoms with Crippen molar-refractivity contribution in [2.24, 2.45) is 0 Å². The number of aliphatic hydroxyl groups excluding tert-OH is 1. The molecule has 0 saturated carbocycles. The van der Waals surface area contributed by atoms with Gasteiger partial charge in [0.05, 0.1) is 23.7 Å². The molecule has 0 aliphatic rings. The zero-order valence-corrected chi connectivity index (χ0v) is 14.4. The molecule has 2 aromatic carbocycles. The number of carbonyl (C=O) groups excluding carboxylic acids is 1. The number of anilines is 1. The molecule has 1 heterocycles. The van der Waals surface area contributed by atoms with Crippen molar-refractivity contribution in [3.05, 3.63) is 59.9 Å². The number of amides is 1. The molecule has 6 nitrogen and oxygen atoms in total. The van der Waals surface area contributed by atoms with Crippen LogP contribution in [0, 0.1) is 5.82 Å². The number of fused-ring (bicyclic) bond motifs is 1. The Morgan fingerprint density at radius 1 is 1.23 bits per heavy atom. The van der Waals surface area contributed by atoms with Crippen LogP contribution in [-0.2, 0) is 11.3 Å². The van der Waals surface area contributed by atoms with Crippen LogP contribution in [0.15, 0.2) is 48.5 Å². The van der Waals surface area contributed by atoms with Gasteiger partial charge in [0.2, 0.25) is 11.9 Å². The minimum Gasteiger partial charge on any atom is -0.395 e. The first-order valence-electron chi connectivity index (χ1n) is 8.43. The van der Waals surface area contributed by atoms with E-state index in [0.29, 0.717) is 12.5 Å². The van der Waals surface area contributed by atoms with Gasteiger partial charge in [0.15, 0.2) is 0 Å². The summed E-state index contributed by atoms with van der Waals surface area (Å²) >= 11 is 0. The van der Waals surface area contributed by atoms with Crippen LogP contribution in [0.2, 0.25) is 0 Å². The van der Waals surface area contributed by atoms with Crippen molar-refractivity contribution < 1.29 is 14.3 Å². The number of nitrogens with zero attached hydrogens (tertiary/aromatic N) is 2. The van der Waals surface area contributed by atoms with Crippen molar-refractivity contribution in [1.82, 2.24) is 14.9 Å². The lowest BCUT2D eigenvalue weighted by Gasteiger charge is -2.16. The van der Waals surface area contributed by atoms with Gasteiger partial charge < -0.3 is 20.3 Å². The molecule has 136 valence electrons. The van der Waals surface area contributed by atoms with E-state index in [-0.39, 0.29) is 30.9 Å². The molecule has 0 saturated heterocycles. The second-order valence-corrected chi connectivity index (χ2v) is 6.00. The number of aromatic nitrogens is 2. The molecule has 0 aliphatic carbocycles. The van der Waals surface area contributed by atoms with Crippen LogP contribution in [0.4, 0.5) is 10.3 Å². The molecule has 1 atom stereocenters. The summed E-state index contributed by atoms with van der Waals surface area (Å²) in [6.45, 7) is 2.25. The molecule has 7 heteroatoms. The van der Waals surface area contributed by atoms with Crippen molar-refractivity contribution in [3.63, 3.8) is 0 Å². The Hall–Kier alpha value is -2.93. The third-order valence-electron chi connectivity index (χ3n) is 4.10. The number of imidazole rings is 1. The maximum absolute atomic E-state index is 13.0. The van der Waals surface area contributed by atoms with Crippen molar-refractivity contribution in [2.45, 2.75) is 19.5 Å². The Bertz CT molecular complexity index is 892. The Kier molecular flexibility index (Phi) is 5.48. The predicted molar refractivity (Wildman–Crippen MR) is 98.3 cm³/mol. The summed E-state index contributed by atoms with van der Waals surface area (Å²) in [7, 11) is 0. The van der Waals surface area contributed by atoms with Gasteiger partial charge in [-0.2, -0.15) is 0 Å². The van der Waals surface area contributed by atoms with E-state index in [4.69, 9.17) is 5.11 Å². The number of rotatable bonds is 7. The number of aliphatic hydroxyl groups is 1. The van der Waals surface area contributed by atoms with Gasteiger partial charge in [0, 0.05) is 6.54 Å². The van der Waals surface area contributed by atoms with Crippen LogP contribution in [-0.4, -0.2) is 33.7 Å². The fourth-order valence-electron chi connectivity index (χ4n) is 2.80. The Balaban J connectivity index is 1.76. The summed E-state index contributed by atoms with van der Waals surface area (Å²) in [6, 6.07) is 13.3. The fraction of sp³-hybridized carbons (Fsp3) is 0.263. The van der Waals surface area contributed by atoms with Gasteiger partial charge in [-0.25, -0.2) is 9.37 Å². The number of carbonyl (C=O) groups is 1. The molecule has 0 radical (unpaired) electrons. The van der Waals surface area contributed by atoms with Crippen LogP contribution in [0.3, 0.4) is 0 Å². The summed E-state index contributed by atoms with van der Waals surface area (Å²) in [4.78, 5) is 17.0. The highest BCUT2D eigenvalue weighted by atomic mass is 19.1. The van der Waals surface area contributed by atoms with Crippen molar-refractivity contribution >= 4 is 22.9 Å². The first-order chi connectivity index (χ1) is 12.6. The van der Waals surface area contributed by atoms with Gasteiger partial charge in [0.25, 0.3) is 0 Å². The minimum atomic E-state index is -0.309. The second-order valence-electron chi connectivity index (χ2n) is 6.00. The molecule has 0 aliphatic heterocycles. The molecule has 0 fully saturated rings. The van der Waals surface area contributed by atoms with E-state index in [1.165, 1.54) is 12.1 Å². The maximum atomic E-state index is 13.0. The van der Waals surface area contributed by atoms with E-state index < -0.39 is 0 Å². The zero-order chi connectivity index (χ0) is 18.5. The van der Waals surface area contributed by atoms with E-state index in [9.17, 15) is 9.18 Å². The normalized spacial score (nSPS) is 12.1. The smallest absolute Gasteiger partial charge is 0.240 e. The maximum Gasteiger partial charge on any atom is 0.240 e. The Morgan fingerprint density at radius 3 is 2.69 bits per heavy atom. The van der Waals surface area contributed by atoms with Gasteiger partial charge in [0.1, 0.15) is 12.4 Å². The first kappa shape index (κ1) is 17.9. The van der Waals surface area contributed by atoms with Gasteiger partial charge in [-0.1, -0.05) is 24.3 Å². The lowest BCUT2D eigenvalue weighted by molar-refractivity contribution is -0.122. The van der Waals surface area contributed by atoms with E-state index >= 15 is 0 Å². The zero-order valence-electron chi connectivity index (χ0n) is 14.4. The number of hydrogen-bond acceptors (Lipinski definition) is 4. The van der Waals surface area contributed by atoms with E-state index in [1.807, 2.05) is 31.2 Å². The molecule has 0 spiro atoms. The molecule has 0 bridgehead atoms. The predicted octanol–water partition coefficient (Wildman–Crippen LogP) is 2.46. The summed E-state index contributed by atoms with van der Waals surface area (Å²) in [5.41, 5.74) is 2.43. The van der Waals surface area contributed by atoms with Crippen LogP contribution in [0.1, 0.15) is 18.5 Å². The van der Waals surface area contributed by atoms with E-state index in [1.54, 1.807) is 16.7 Å². The quantitative estimate of drug-likeness (QED) is 0.608. The van der Waals surface area contributed by atoms with Crippen LogP contribution < -0.4 is 10.6 Å². The average Bonchev–Trinajstić information content (AvgIpc) is 2.98. The fourth-order valence-corrected chi connectivity index (χ4v) is 2.80. The number of para-hydroxylation sites is 2. The van der Waals surface area contributed by atoms with E-state index in [0.717, 1.165) is 16.6 Å². The minimum absolute atomic E-state index is 0.0308. The van der Waals surface area contributed by atoms with Gasteiger partial charge in [-0.05, 0) is 36.8 Å². The monoisotopic (exact) mass is 356 g/mol. The molecule has 3 aromatic rings. The topological polar surface area (TPSA) is 79.2 Å². The standard InChI is InChI=1S/C19H21FN4O2/c1-13(14-6-8-15(20)9-7-14)22-18(26)12-24-17-5-3-2-4-16(17)23-19(24)21-10-11-25/h2-9,13,25H,10-12H2,1H3,(H,21,23)(H,22,26). The molecule has 1 aromatic heterocycles. The Labute approximate surface area is 150 Å². The van der Waals surface area contributed by atoms with E-state index in [2.05, 4.69) is 15.6 Å². The number of halogens is 1. The molecule has 1 unspecified atom stereocenters. The number of benzene rings is 2. The van der Waals surface area contributed by atoms with Crippen LogP contribution >= 0.6 is 0 Å². The van der Waals surface area contributed by atoms with Gasteiger partial charge in [-0.15, -0.1) is 0 Å². The van der Waals surface area contributed by atoms with Gasteiger partial charge >= 0.3 is 0 Å². The second kappa shape index (κ2) is 7.97. The largest absolute Gasteiger partial charge is 0.395 e. The summed E-state index contributed by atoms with van der Waals surface area (Å²) in [6.07, 6.45) is 0. The molecule has 26 heavy (non-hydrogen) atoms. The van der Waals surface area contributed by atoms with Crippen LogP contribution in [0.25, 0.3) is 11.0 Å². The summed E-state index contributed by atoms with van der Waals surface area (Å²) in [5, 5.41) is 15.0. The molecule has 3 rings (SSSR count). The summed E-state index contributed by atoms with van der Waals surface area (Å²) in [5.74, 6) is 0.0404. The first-order valence-corrected chi connectivity index (χ1v) is 8.43. The van der Waals surface area contributed by atoms with Crippen molar-refractivity contribution in [1.29, 1.82) is 0 Å². The van der Waals surface area contributed by atoms with Gasteiger partial charge in [-0.3, -0.25) is 4.79 Å². The third kappa shape index (κ3) is 4.00. The SMILES string of the molecule is CC(NC(=O)Cn1c(NCCO)nc2ccccc21)c1ccc(F)cc1. The molecular weight excluding hydrogens is 335 g/mol.